The van der Waals surface area contributed by atoms with E-state index in [0.717, 1.165) is 12.1 Å². The number of hydrogen-bond acceptors (Lipinski definition) is 1. The predicted octanol–water partition coefficient (Wildman–Crippen LogP) is 3.23. The Hall–Kier alpha value is -1.68. The molecular weight excluding hydrogens is 195 g/mol. The van der Waals surface area contributed by atoms with Crippen molar-refractivity contribution in [3.8, 4) is 0 Å². The Bertz CT molecular complexity index is 372. The highest BCUT2D eigenvalue weighted by molar-refractivity contribution is 5.21. The van der Waals surface area contributed by atoms with Crippen LogP contribution in [-0.4, -0.2) is 6.54 Å². The van der Waals surface area contributed by atoms with Gasteiger partial charge in [-0.2, -0.15) is 0 Å². The minimum atomic E-state index is -3.33. The van der Waals surface area contributed by atoms with E-state index in [1.165, 1.54) is 6.07 Å². The van der Waals surface area contributed by atoms with Gasteiger partial charge in [-0.15, -0.1) is 0 Å². The normalized spacial score (nSPS) is 10.8. The fourth-order valence-corrected chi connectivity index (χ4v) is 0.928. The van der Waals surface area contributed by atoms with Crippen LogP contribution in [0, 0.1) is 5.82 Å². The molecule has 0 aromatic heterocycles. The first-order valence-electron chi connectivity index (χ1n) is 3.71. The quantitative estimate of drug-likeness (QED) is 0.409. The Morgan fingerprint density at radius 2 is 2.14 bits per heavy atom. The van der Waals surface area contributed by atoms with Crippen LogP contribution in [0.3, 0.4) is 0 Å². The van der Waals surface area contributed by atoms with Crippen molar-refractivity contribution in [2.24, 2.45) is 5.11 Å². The van der Waals surface area contributed by atoms with E-state index in [1.807, 2.05) is 0 Å². The van der Waals surface area contributed by atoms with Crippen LogP contribution in [0.4, 0.5) is 13.2 Å². The van der Waals surface area contributed by atoms with E-state index >= 15 is 0 Å². The Kier molecular flexibility index (Phi) is 2.99. The molecule has 0 aliphatic carbocycles. The fourth-order valence-electron chi connectivity index (χ4n) is 0.928. The minimum Gasteiger partial charge on any atom is -0.207 e. The highest BCUT2D eigenvalue weighted by Gasteiger charge is 2.30. The molecule has 0 aliphatic rings. The topological polar surface area (TPSA) is 48.8 Å². The molecule has 0 fully saturated rings. The Morgan fingerprint density at radius 3 is 2.71 bits per heavy atom. The van der Waals surface area contributed by atoms with Crippen LogP contribution in [0.25, 0.3) is 10.4 Å². The largest absolute Gasteiger partial charge is 0.279 e. The van der Waals surface area contributed by atoms with Crippen LogP contribution < -0.4 is 0 Å². The average molecular weight is 201 g/mol. The first-order chi connectivity index (χ1) is 6.56. The molecule has 1 aromatic rings. The smallest absolute Gasteiger partial charge is 0.207 e. The van der Waals surface area contributed by atoms with Crippen LogP contribution in [0.5, 0.6) is 0 Å². The molecule has 0 unspecified atom stereocenters. The number of halogens is 3. The lowest BCUT2D eigenvalue weighted by Gasteiger charge is -2.13. The summed E-state index contributed by atoms with van der Waals surface area (Å²) in [6.07, 6.45) is 0. The van der Waals surface area contributed by atoms with Crippen LogP contribution in [0.1, 0.15) is 5.56 Å². The average Bonchev–Trinajstić information content (AvgIpc) is 2.15. The van der Waals surface area contributed by atoms with Crippen molar-refractivity contribution in [3.05, 3.63) is 46.1 Å². The van der Waals surface area contributed by atoms with Crippen molar-refractivity contribution in [2.75, 3.05) is 6.54 Å². The third-order valence-corrected chi connectivity index (χ3v) is 1.58. The summed E-state index contributed by atoms with van der Waals surface area (Å²) in [5.74, 6) is -4.07. The summed E-state index contributed by atoms with van der Waals surface area (Å²) in [5.41, 5.74) is 7.39. The van der Waals surface area contributed by atoms with Gasteiger partial charge in [0.15, 0.2) is 0 Å². The SMILES string of the molecule is [N-]=[N+]=NCC(F)(F)c1cccc(F)c1. The molecule has 6 heteroatoms. The molecule has 1 rings (SSSR count). The van der Waals surface area contributed by atoms with Gasteiger partial charge in [0.05, 0.1) is 6.54 Å². The van der Waals surface area contributed by atoms with Crippen LogP contribution in [0.15, 0.2) is 29.4 Å². The van der Waals surface area contributed by atoms with Crippen molar-refractivity contribution in [3.63, 3.8) is 0 Å². The summed E-state index contributed by atoms with van der Waals surface area (Å²) in [4.78, 5) is 2.22. The number of rotatable bonds is 3. The van der Waals surface area contributed by atoms with E-state index in [1.54, 1.807) is 0 Å². The minimum absolute atomic E-state index is 0.495. The van der Waals surface area contributed by atoms with Crippen molar-refractivity contribution in [1.82, 2.24) is 0 Å². The summed E-state index contributed by atoms with van der Waals surface area (Å²) >= 11 is 0. The summed E-state index contributed by atoms with van der Waals surface area (Å²) in [7, 11) is 0. The molecule has 0 radical (unpaired) electrons. The molecule has 0 saturated heterocycles. The second-order valence-electron chi connectivity index (χ2n) is 2.60. The first-order valence-corrected chi connectivity index (χ1v) is 3.71. The van der Waals surface area contributed by atoms with Gasteiger partial charge >= 0.3 is 0 Å². The highest BCUT2D eigenvalue weighted by Crippen LogP contribution is 2.28. The Balaban J connectivity index is 2.96. The third kappa shape index (κ3) is 2.40. The van der Waals surface area contributed by atoms with Crippen LogP contribution in [-0.2, 0) is 5.92 Å². The lowest BCUT2D eigenvalue weighted by atomic mass is 10.1. The van der Waals surface area contributed by atoms with Gasteiger partial charge in [-0.3, -0.25) is 0 Å². The summed E-state index contributed by atoms with van der Waals surface area (Å²) < 4.78 is 38.8. The van der Waals surface area contributed by atoms with Gasteiger partial charge in [-0.05, 0) is 17.7 Å². The van der Waals surface area contributed by atoms with Crippen molar-refractivity contribution in [2.45, 2.75) is 5.92 Å². The standard InChI is InChI=1S/C8H6F3N3/c9-7-3-1-2-6(4-7)8(10,11)5-13-14-12/h1-4H,5H2. The molecule has 14 heavy (non-hydrogen) atoms. The molecular formula is C8H6F3N3. The lowest BCUT2D eigenvalue weighted by molar-refractivity contribution is 0.00581. The van der Waals surface area contributed by atoms with Gasteiger partial charge < -0.3 is 0 Å². The Labute approximate surface area is 77.8 Å². The lowest BCUT2D eigenvalue weighted by Crippen LogP contribution is -2.17. The van der Waals surface area contributed by atoms with Gasteiger partial charge in [0.2, 0.25) is 0 Å². The maximum Gasteiger partial charge on any atom is 0.279 e. The zero-order valence-electron chi connectivity index (χ0n) is 6.99. The van der Waals surface area contributed by atoms with Gasteiger partial charge in [0.25, 0.3) is 5.92 Å². The number of alkyl halides is 2. The summed E-state index contributed by atoms with van der Waals surface area (Å²) in [6.45, 7) is -1.01. The molecule has 0 bridgehead atoms. The number of benzene rings is 1. The second-order valence-corrected chi connectivity index (χ2v) is 2.60. The van der Waals surface area contributed by atoms with Crippen LogP contribution >= 0.6 is 0 Å². The molecule has 0 atom stereocenters. The van der Waals surface area contributed by atoms with E-state index in [0.29, 0.717) is 6.07 Å². The van der Waals surface area contributed by atoms with Crippen LogP contribution in [0.2, 0.25) is 0 Å². The monoisotopic (exact) mass is 201 g/mol. The van der Waals surface area contributed by atoms with E-state index in [2.05, 4.69) is 10.0 Å². The molecule has 74 valence electrons. The summed E-state index contributed by atoms with van der Waals surface area (Å²) in [5, 5.41) is 2.76. The molecule has 0 N–H and O–H groups in total. The maximum absolute atomic E-state index is 13.1. The molecule has 0 aliphatic heterocycles. The molecule has 1 aromatic carbocycles. The number of azide groups is 1. The van der Waals surface area contributed by atoms with Gasteiger partial charge in [-0.1, -0.05) is 17.2 Å². The number of nitrogens with zero attached hydrogens (tertiary/aromatic N) is 3. The van der Waals surface area contributed by atoms with Crippen molar-refractivity contribution in [1.29, 1.82) is 0 Å². The Morgan fingerprint density at radius 1 is 1.43 bits per heavy atom. The van der Waals surface area contributed by atoms with E-state index in [-0.39, 0.29) is 0 Å². The highest BCUT2D eigenvalue weighted by atomic mass is 19.3. The molecule has 0 spiro atoms. The fraction of sp³-hybridized carbons (Fsp3) is 0.250. The van der Waals surface area contributed by atoms with E-state index < -0.39 is 23.8 Å². The van der Waals surface area contributed by atoms with Gasteiger partial charge in [-0.25, -0.2) is 13.2 Å². The zero-order valence-corrected chi connectivity index (χ0v) is 6.99. The molecule has 0 saturated carbocycles. The molecule has 0 heterocycles. The van der Waals surface area contributed by atoms with Crippen molar-refractivity contribution >= 4 is 0 Å². The van der Waals surface area contributed by atoms with Gasteiger partial charge in [0.1, 0.15) is 5.82 Å². The van der Waals surface area contributed by atoms with Gasteiger partial charge in [0, 0.05) is 10.5 Å². The third-order valence-electron chi connectivity index (χ3n) is 1.58. The summed E-state index contributed by atoms with van der Waals surface area (Å²) in [6, 6.07) is 4.03. The predicted molar refractivity (Wildman–Crippen MR) is 44.3 cm³/mol. The zero-order chi connectivity index (χ0) is 10.6. The number of hydrogen-bond donors (Lipinski definition) is 0. The maximum atomic E-state index is 13.1. The van der Waals surface area contributed by atoms with Crippen molar-refractivity contribution < 1.29 is 13.2 Å². The van der Waals surface area contributed by atoms with E-state index in [4.69, 9.17) is 5.53 Å². The second kappa shape index (κ2) is 4.02. The first kappa shape index (κ1) is 10.4. The molecule has 0 amide bonds. The van der Waals surface area contributed by atoms with E-state index in [9.17, 15) is 13.2 Å². The molecule has 3 nitrogen and oxygen atoms in total.